The van der Waals surface area contributed by atoms with Crippen LogP contribution in [0.4, 0.5) is 0 Å². The molecular formula is C14H15NO3. The number of hydrogen-bond donors (Lipinski definition) is 1. The molecule has 1 aliphatic heterocycles. The Hall–Kier alpha value is -1.49. The number of aromatic nitrogens is 1. The molecule has 1 aromatic carbocycles. The van der Waals surface area contributed by atoms with E-state index in [4.69, 9.17) is 9.47 Å². The molecule has 4 nitrogen and oxygen atoms in total. The average molecular weight is 245 g/mol. The molecule has 0 saturated carbocycles. The monoisotopic (exact) mass is 245 g/mol. The number of fused-ring (bicyclic) bond motifs is 1. The summed E-state index contributed by atoms with van der Waals surface area (Å²) in [6.07, 6.45) is 1.33. The standard InChI is InChI=1S/C14H15NO3/c16-13(9-14-17-6-7-18-14)11-4-3-10-2-1-5-15-12(10)8-11/h1-5,8,13-14,16H,6-7,9H2. The van der Waals surface area contributed by atoms with Crippen molar-refractivity contribution in [3.63, 3.8) is 0 Å². The molecule has 0 bridgehead atoms. The Morgan fingerprint density at radius 1 is 1.28 bits per heavy atom. The second kappa shape index (κ2) is 5.02. The van der Waals surface area contributed by atoms with Crippen molar-refractivity contribution < 1.29 is 14.6 Å². The summed E-state index contributed by atoms with van der Waals surface area (Å²) in [7, 11) is 0. The highest BCUT2D eigenvalue weighted by Gasteiger charge is 2.21. The SMILES string of the molecule is OC(CC1OCCO1)c1ccc2cccnc2c1. The molecule has 0 amide bonds. The third-order valence-corrected chi connectivity index (χ3v) is 3.12. The number of rotatable bonds is 3. The van der Waals surface area contributed by atoms with Crippen molar-refractivity contribution >= 4 is 10.9 Å². The first-order valence-corrected chi connectivity index (χ1v) is 6.09. The molecule has 2 aromatic rings. The summed E-state index contributed by atoms with van der Waals surface area (Å²) < 4.78 is 10.7. The first-order valence-electron chi connectivity index (χ1n) is 6.09. The van der Waals surface area contributed by atoms with Crippen LogP contribution in [0.3, 0.4) is 0 Å². The maximum Gasteiger partial charge on any atom is 0.160 e. The molecular weight excluding hydrogens is 230 g/mol. The van der Waals surface area contributed by atoms with Crippen LogP contribution in [0.5, 0.6) is 0 Å². The highest BCUT2D eigenvalue weighted by molar-refractivity contribution is 5.78. The summed E-state index contributed by atoms with van der Waals surface area (Å²) in [5.41, 5.74) is 1.74. The predicted octanol–water partition coefficient (Wildman–Crippen LogP) is 2.03. The Labute approximate surface area is 105 Å². The zero-order valence-electron chi connectivity index (χ0n) is 9.95. The lowest BCUT2D eigenvalue weighted by atomic mass is 10.0. The van der Waals surface area contributed by atoms with Gasteiger partial charge in [0.05, 0.1) is 24.8 Å². The van der Waals surface area contributed by atoms with Crippen molar-refractivity contribution in [1.29, 1.82) is 0 Å². The van der Waals surface area contributed by atoms with E-state index in [0.29, 0.717) is 19.6 Å². The van der Waals surface area contributed by atoms with E-state index in [9.17, 15) is 5.11 Å². The number of pyridine rings is 1. The number of aliphatic hydroxyl groups excluding tert-OH is 1. The molecule has 3 rings (SSSR count). The number of ether oxygens (including phenoxy) is 2. The van der Waals surface area contributed by atoms with Gasteiger partial charge in [-0.2, -0.15) is 0 Å². The van der Waals surface area contributed by atoms with Gasteiger partial charge in [-0.15, -0.1) is 0 Å². The maximum absolute atomic E-state index is 10.2. The van der Waals surface area contributed by atoms with Gasteiger partial charge in [0.1, 0.15) is 0 Å². The predicted molar refractivity (Wildman–Crippen MR) is 67.0 cm³/mol. The number of nitrogens with zero attached hydrogens (tertiary/aromatic N) is 1. The van der Waals surface area contributed by atoms with Crippen molar-refractivity contribution in [3.05, 3.63) is 42.1 Å². The van der Waals surface area contributed by atoms with Crippen LogP contribution in [-0.4, -0.2) is 29.6 Å². The van der Waals surface area contributed by atoms with Gasteiger partial charge in [0, 0.05) is 18.0 Å². The minimum atomic E-state index is -0.584. The van der Waals surface area contributed by atoms with Gasteiger partial charge in [-0.1, -0.05) is 18.2 Å². The largest absolute Gasteiger partial charge is 0.388 e. The molecule has 2 heterocycles. The molecule has 1 aromatic heterocycles. The summed E-state index contributed by atoms with van der Waals surface area (Å²) in [4.78, 5) is 4.28. The molecule has 0 spiro atoms. The van der Waals surface area contributed by atoms with Gasteiger partial charge in [-0.25, -0.2) is 0 Å². The first kappa shape index (κ1) is 11.6. The molecule has 1 aliphatic rings. The topological polar surface area (TPSA) is 51.6 Å². The van der Waals surface area contributed by atoms with E-state index in [1.165, 1.54) is 0 Å². The molecule has 1 fully saturated rings. The van der Waals surface area contributed by atoms with Gasteiger partial charge in [-0.3, -0.25) is 4.98 Å². The van der Waals surface area contributed by atoms with E-state index in [2.05, 4.69) is 4.98 Å². The minimum Gasteiger partial charge on any atom is -0.388 e. The fraction of sp³-hybridized carbons (Fsp3) is 0.357. The van der Waals surface area contributed by atoms with Crippen LogP contribution in [0.15, 0.2) is 36.5 Å². The van der Waals surface area contributed by atoms with Crippen molar-refractivity contribution in [3.8, 4) is 0 Å². The fourth-order valence-electron chi connectivity index (χ4n) is 2.15. The molecule has 1 atom stereocenters. The zero-order valence-corrected chi connectivity index (χ0v) is 9.95. The second-order valence-electron chi connectivity index (χ2n) is 4.38. The zero-order chi connectivity index (χ0) is 12.4. The van der Waals surface area contributed by atoms with Crippen molar-refractivity contribution in [2.24, 2.45) is 0 Å². The summed E-state index contributed by atoms with van der Waals surface area (Å²) >= 11 is 0. The van der Waals surface area contributed by atoms with E-state index >= 15 is 0 Å². The lowest BCUT2D eigenvalue weighted by Crippen LogP contribution is -2.13. The Morgan fingerprint density at radius 3 is 2.94 bits per heavy atom. The van der Waals surface area contributed by atoms with Gasteiger partial charge < -0.3 is 14.6 Å². The van der Waals surface area contributed by atoms with Crippen LogP contribution in [-0.2, 0) is 9.47 Å². The summed E-state index contributed by atoms with van der Waals surface area (Å²) in [6, 6.07) is 9.70. The van der Waals surface area contributed by atoms with E-state index < -0.39 is 6.10 Å². The lowest BCUT2D eigenvalue weighted by molar-refractivity contribution is -0.0707. The van der Waals surface area contributed by atoms with Crippen LogP contribution in [0, 0.1) is 0 Å². The van der Waals surface area contributed by atoms with Crippen LogP contribution in [0.25, 0.3) is 10.9 Å². The van der Waals surface area contributed by atoms with E-state index in [1.807, 2.05) is 30.3 Å². The van der Waals surface area contributed by atoms with Gasteiger partial charge in [-0.05, 0) is 17.7 Å². The third-order valence-electron chi connectivity index (χ3n) is 3.12. The Bertz CT molecular complexity index is 537. The molecule has 4 heteroatoms. The number of benzene rings is 1. The average Bonchev–Trinajstić information content (AvgIpc) is 2.91. The second-order valence-corrected chi connectivity index (χ2v) is 4.38. The fourth-order valence-corrected chi connectivity index (χ4v) is 2.15. The van der Waals surface area contributed by atoms with Gasteiger partial charge in [0.15, 0.2) is 6.29 Å². The van der Waals surface area contributed by atoms with Crippen molar-refractivity contribution in [1.82, 2.24) is 4.98 Å². The van der Waals surface area contributed by atoms with Crippen LogP contribution in [0.1, 0.15) is 18.1 Å². The quantitative estimate of drug-likeness (QED) is 0.899. The lowest BCUT2D eigenvalue weighted by Gasteiger charge is -2.15. The summed E-state index contributed by atoms with van der Waals surface area (Å²) in [5.74, 6) is 0. The Morgan fingerprint density at radius 2 is 2.11 bits per heavy atom. The van der Waals surface area contributed by atoms with E-state index in [0.717, 1.165) is 16.5 Å². The van der Waals surface area contributed by atoms with E-state index in [1.54, 1.807) is 6.20 Å². The first-order chi connectivity index (χ1) is 8.83. The molecule has 1 N–H and O–H groups in total. The molecule has 0 aliphatic carbocycles. The highest BCUT2D eigenvalue weighted by atomic mass is 16.7. The van der Waals surface area contributed by atoms with Crippen LogP contribution >= 0.6 is 0 Å². The van der Waals surface area contributed by atoms with E-state index in [-0.39, 0.29) is 6.29 Å². The smallest absolute Gasteiger partial charge is 0.160 e. The highest BCUT2D eigenvalue weighted by Crippen LogP contribution is 2.24. The molecule has 0 radical (unpaired) electrons. The third kappa shape index (κ3) is 2.36. The Balaban J connectivity index is 1.80. The van der Waals surface area contributed by atoms with Crippen LogP contribution in [0.2, 0.25) is 0 Å². The van der Waals surface area contributed by atoms with Crippen molar-refractivity contribution in [2.45, 2.75) is 18.8 Å². The molecule has 1 unspecified atom stereocenters. The number of aliphatic hydroxyl groups is 1. The minimum absolute atomic E-state index is 0.292. The van der Waals surface area contributed by atoms with Crippen molar-refractivity contribution in [2.75, 3.05) is 13.2 Å². The van der Waals surface area contributed by atoms with Crippen LogP contribution < -0.4 is 0 Å². The van der Waals surface area contributed by atoms with Gasteiger partial charge >= 0.3 is 0 Å². The summed E-state index contributed by atoms with van der Waals surface area (Å²) in [6.45, 7) is 1.22. The van der Waals surface area contributed by atoms with Gasteiger partial charge in [0.2, 0.25) is 0 Å². The Kier molecular flexibility index (Phi) is 3.23. The molecule has 94 valence electrons. The maximum atomic E-state index is 10.2. The molecule has 1 saturated heterocycles. The summed E-state index contributed by atoms with van der Waals surface area (Å²) in [5, 5.41) is 11.2. The normalized spacial score (nSPS) is 18.3. The number of hydrogen-bond acceptors (Lipinski definition) is 4. The van der Waals surface area contributed by atoms with Gasteiger partial charge in [0.25, 0.3) is 0 Å². The molecule has 18 heavy (non-hydrogen) atoms.